The molecular weight excluding hydrogens is 349 g/mol. The highest BCUT2D eigenvalue weighted by atomic mass is 19.1. The Bertz CT molecular complexity index is 670. The minimum absolute atomic E-state index is 0.171. The fourth-order valence-corrected chi connectivity index (χ4v) is 3.99. The smallest absolute Gasteiger partial charge is 0.321 e. The Hall–Kier alpha value is -1.86. The predicted octanol–water partition coefficient (Wildman–Crippen LogP) is 2.94. The van der Waals surface area contributed by atoms with Gasteiger partial charge in [0.05, 0.1) is 7.11 Å². The number of hydrogen-bond donors (Lipinski definition) is 1. The van der Waals surface area contributed by atoms with Crippen molar-refractivity contribution in [2.45, 2.75) is 37.8 Å². The third-order valence-electron chi connectivity index (χ3n) is 5.85. The van der Waals surface area contributed by atoms with Crippen LogP contribution in [0.3, 0.4) is 0 Å². The summed E-state index contributed by atoms with van der Waals surface area (Å²) in [4.78, 5) is 16.9. The van der Waals surface area contributed by atoms with Gasteiger partial charge in [0.15, 0.2) is 11.6 Å². The molecule has 4 rings (SSSR count). The lowest BCUT2D eigenvalue weighted by Gasteiger charge is -2.49. The van der Waals surface area contributed by atoms with Crippen molar-refractivity contribution in [3.8, 4) is 5.75 Å². The molecule has 148 valence electrons. The number of carbonyl (C=O) groups excluding carboxylic acids is 1. The Morgan fingerprint density at radius 3 is 2.63 bits per heavy atom. The maximum Gasteiger partial charge on any atom is 0.321 e. The number of likely N-dealkylation sites (tertiary alicyclic amines) is 1. The third kappa shape index (κ3) is 4.35. The zero-order valence-electron chi connectivity index (χ0n) is 15.8. The van der Waals surface area contributed by atoms with Crippen molar-refractivity contribution in [2.24, 2.45) is 5.92 Å². The van der Waals surface area contributed by atoms with E-state index in [2.05, 4.69) is 10.2 Å². The second-order valence-corrected chi connectivity index (χ2v) is 7.82. The summed E-state index contributed by atoms with van der Waals surface area (Å²) >= 11 is 0. The maximum atomic E-state index is 13.8. The third-order valence-corrected chi connectivity index (χ3v) is 5.85. The lowest BCUT2D eigenvalue weighted by Crippen LogP contribution is -2.64. The topological polar surface area (TPSA) is 54.0 Å². The molecule has 2 aliphatic heterocycles. The van der Waals surface area contributed by atoms with Gasteiger partial charge in [0, 0.05) is 56.7 Å². The summed E-state index contributed by atoms with van der Waals surface area (Å²) in [5, 5.41) is 2.78. The molecule has 3 fully saturated rings. The molecule has 0 aromatic heterocycles. The van der Waals surface area contributed by atoms with Crippen LogP contribution >= 0.6 is 0 Å². The number of methoxy groups -OCH3 is 1. The number of carbonyl (C=O) groups is 1. The number of hydrogen-bond acceptors (Lipinski definition) is 4. The molecule has 0 unspecified atom stereocenters. The van der Waals surface area contributed by atoms with Crippen LogP contribution in [0.2, 0.25) is 0 Å². The van der Waals surface area contributed by atoms with Crippen LogP contribution in [0.5, 0.6) is 5.75 Å². The molecule has 1 aliphatic carbocycles. The van der Waals surface area contributed by atoms with Crippen molar-refractivity contribution in [3.05, 3.63) is 24.0 Å². The minimum atomic E-state index is -0.480. The Kier molecular flexibility index (Phi) is 5.50. The largest absolute Gasteiger partial charge is 0.494 e. The van der Waals surface area contributed by atoms with Gasteiger partial charge in [0.1, 0.15) is 0 Å². The normalized spacial score (nSPS) is 21.2. The van der Waals surface area contributed by atoms with E-state index in [9.17, 15) is 9.18 Å². The van der Waals surface area contributed by atoms with E-state index < -0.39 is 5.82 Å². The fourth-order valence-electron chi connectivity index (χ4n) is 3.99. The molecule has 1 saturated carbocycles. The number of urea groups is 1. The van der Waals surface area contributed by atoms with E-state index >= 15 is 0 Å². The van der Waals surface area contributed by atoms with Crippen LogP contribution < -0.4 is 10.1 Å². The van der Waals surface area contributed by atoms with Crippen molar-refractivity contribution in [2.75, 3.05) is 45.3 Å². The van der Waals surface area contributed by atoms with Gasteiger partial charge >= 0.3 is 6.03 Å². The number of nitrogens with zero attached hydrogens (tertiary/aromatic N) is 2. The van der Waals surface area contributed by atoms with E-state index in [1.807, 2.05) is 0 Å². The minimum Gasteiger partial charge on any atom is -0.494 e. The average molecular weight is 377 g/mol. The first-order valence-electron chi connectivity index (χ1n) is 9.87. The van der Waals surface area contributed by atoms with Crippen LogP contribution in [0.15, 0.2) is 18.2 Å². The van der Waals surface area contributed by atoms with Gasteiger partial charge in [0.25, 0.3) is 0 Å². The standard InChI is InChI=1S/C20H28FN3O3/c1-26-19-5-4-15(10-18(19)21)22-20(25)23-12-17(13-23)24(11-14-2-3-14)16-6-8-27-9-7-16/h4-5,10,14,16-17H,2-3,6-9,11-13H2,1H3,(H,22,25). The molecule has 1 aromatic carbocycles. The first kappa shape index (κ1) is 18.5. The predicted molar refractivity (Wildman–Crippen MR) is 101 cm³/mol. The highest BCUT2D eigenvalue weighted by Gasteiger charge is 2.40. The van der Waals surface area contributed by atoms with Crippen LogP contribution in [-0.2, 0) is 4.74 Å². The number of benzene rings is 1. The van der Waals surface area contributed by atoms with E-state index in [1.165, 1.54) is 32.1 Å². The number of anilines is 1. The lowest BCUT2D eigenvalue weighted by molar-refractivity contribution is -0.0199. The molecular formula is C20H28FN3O3. The summed E-state index contributed by atoms with van der Waals surface area (Å²) in [7, 11) is 1.42. The molecule has 2 amide bonds. The molecule has 27 heavy (non-hydrogen) atoms. The zero-order valence-corrected chi connectivity index (χ0v) is 15.8. The van der Waals surface area contributed by atoms with E-state index in [0.29, 0.717) is 17.8 Å². The number of ether oxygens (including phenoxy) is 2. The van der Waals surface area contributed by atoms with Crippen molar-refractivity contribution < 1.29 is 18.7 Å². The molecule has 0 atom stereocenters. The van der Waals surface area contributed by atoms with Gasteiger partial charge in [-0.15, -0.1) is 0 Å². The summed E-state index contributed by atoms with van der Waals surface area (Å²) in [6.45, 7) is 4.29. The average Bonchev–Trinajstić information content (AvgIpc) is 3.45. The Morgan fingerprint density at radius 1 is 1.26 bits per heavy atom. The second-order valence-electron chi connectivity index (χ2n) is 7.82. The van der Waals surface area contributed by atoms with Crippen LogP contribution in [0.25, 0.3) is 0 Å². The van der Waals surface area contributed by atoms with Crippen molar-refractivity contribution in [1.82, 2.24) is 9.80 Å². The SMILES string of the molecule is COc1ccc(NC(=O)N2CC(N(CC3CC3)C3CCOCC3)C2)cc1F. The van der Waals surface area contributed by atoms with Gasteiger partial charge in [-0.2, -0.15) is 0 Å². The summed E-state index contributed by atoms with van der Waals surface area (Å²) in [6.07, 6.45) is 4.83. The highest BCUT2D eigenvalue weighted by molar-refractivity contribution is 5.90. The van der Waals surface area contributed by atoms with E-state index in [1.54, 1.807) is 11.0 Å². The molecule has 0 radical (unpaired) electrons. The molecule has 0 spiro atoms. The van der Waals surface area contributed by atoms with Gasteiger partial charge in [-0.05, 0) is 43.7 Å². The quantitative estimate of drug-likeness (QED) is 0.828. The summed E-state index contributed by atoms with van der Waals surface area (Å²) in [5.74, 6) is 0.522. The molecule has 6 nitrogen and oxygen atoms in total. The number of halogens is 1. The molecule has 2 heterocycles. The molecule has 2 saturated heterocycles. The first-order valence-corrected chi connectivity index (χ1v) is 9.87. The number of nitrogens with one attached hydrogen (secondary N) is 1. The van der Waals surface area contributed by atoms with Crippen LogP contribution in [-0.4, -0.2) is 67.9 Å². The first-order chi connectivity index (χ1) is 13.1. The zero-order chi connectivity index (χ0) is 18.8. The molecule has 1 aromatic rings. The summed E-state index contributed by atoms with van der Waals surface area (Å²) < 4.78 is 24.2. The number of rotatable bonds is 6. The van der Waals surface area contributed by atoms with Gasteiger partial charge in [-0.25, -0.2) is 9.18 Å². The van der Waals surface area contributed by atoms with Gasteiger partial charge in [-0.3, -0.25) is 4.90 Å². The Labute approximate surface area is 159 Å². The van der Waals surface area contributed by atoms with Crippen LogP contribution in [0.1, 0.15) is 25.7 Å². The number of amides is 2. The fraction of sp³-hybridized carbons (Fsp3) is 0.650. The van der Waals surface area contributed by atoms with Gasteiger partial charge in [0.2, 0.25) is 0 Å². The monoisotopic (exact) mass is 377 g/mol. The Morgan fingerprint density at radius 2 is 2.00 bits per heavy atom. The lowest BCUT2D eigenvalue weighted by atomic mass is 9.99. The Balaban J connectivity index is 1.31. The molecule has 3 aliphatic rings. The van der Waals surface area contributed by atoms with Gasteiger partial charge in [-0.1, -0.05) is 0 Å². The van der Waals surface area contributed by atoms with Crippen LogP contribution in [0.4, 0.5) is 14.9 Å². The van der Waals surface area contributed by atoms with Crippen molar-refractivity contribution in [3.63, 3.8) is 0 Å². The van der Waals surface area contributed by atoms with E-state index in [4.69, 9.17) is 9.47 Å². The molecule has 0 bridgehead atoms. The molecule has 1 N–H and O–H groups in total. The van der Waals surface area contributed by atoms with Crippen LogP contribution in [0, 0.1) is 11.7 Å². The highest BCUT2D eigenvalue weighted by Crippen LogP contribution is 2.34. The van der Waals surface area contributed by atoms with Crippen molar-refractivity contribution in [1.29, 1.82) is 0 Å². The van der Waals surface area contributed by atoms with Gasteiger partial charge < -0.3 is 19.7 Å². The maximum absolute atomic E-state index is 13.8. The second kappa shape index (κ2) is 8.02. The summed E-state index contributed by atoms with van der Waals surface area (Å²) in [6, 6.07) is 5.28. The summed E-state index contributed by atoms with van der Waals surface area (Å²) in [5.41, 5.74) is 0.445. The molecule has 7 heteroatoms. The van der Waals surface area contributed by atoms with E-state index in [0.717, 1.165) is 51.6 Å². The van der Waals surface area contributed by atoms with E-state index in [-0.39, 0.29) is 11.8 Å². The van der Waals surface area contributed by atoms with Crippen molar-refractivity contribution >= 4 is 11.7 Å².